The standard InChI is InChI=1S/C10H11BrFN3O3S/c11-7-3-6(13)4-8(10(7)12)19(17,18)15-2-1-14-9(16)5-15/h3-4H,1-2,5,13H2,(H,14,16). The van der Waals surface area contributed by atoms with Gasteiger partial charge in [0.25, 0.3) is 0 Å². The number of nitrogens with two attached hydrogens (primary N) is 1. The average molecular weight is 352 g/mol. The minimum atomic E-state index is -4.08. The molecule has 0 aromatic heterocycles. The van der Waals surface area contributed by atoms with Gasteiger partial charge in [-0.15, -0.1) is 0 Å². The summed E-state index contributed by atoms with van der Waals surface area (Å²) in [5.74, 6) is -1.33. The molecule has 1 aliphatic rings. The predicted octanol–water partition coefficient (Wildman–Crippen LogP) is 0.291. The highest BCUT2D eigenvalue weighted by Crippen LogP contribution is 2.28. The monoisotopic (exact) mass is 351 g/mol. The molecule has 104 valence electrons. The van der Waals surface area contributed by atoms with Gasteiger partial charge in [0.2, 0.25) is 15.9 Å². The number of sulfonamides is 1. The van der Waals surface area contributed by atoms with E-state index in [0.29, 0.717) is 0 Å². The van der Waals surface area contributed by atoms with Crippen molar-refractivity contribution >= 4 is 37.5 Å². The van der Waals surface area contributed by atoms with Crippen molar-refractivity contribution in [2.24, 2.45) is 0 Å². The fourth-order valence-electron chi connectivity index (χ4n) is 1.73. The van der Waals surface area contributed by atoms with Crippen molar-refractivity contribution in [3.8, 4) is 0 Å². The summed E-state index contributed by atoms with van der Waals surface area (Å²) in [6, 6.07) is 2.32. The van der Waals surface area contributed by atoms with Crippen LogP contribution in [0.5, 0.6) is 0 Å². The molecule has 1 saturated heterocycles. The minimum absolute atomic E-state index is 0.0347. The first-order chi connectivity index (χ1) is 8.82. The van der Waals surface area contributed by atoms with E-state index < -0.39 is 26.6 Å². The van der Waals surface area contributed by atoms with E-state index in [-0.39, 0.29) is 29.8 Å². The minimum Gasteiger partial charge on any atom is -0.399 e. The average Bonchev–Trinajstić information content (AvgIpc) is 2.33. The first-order valence-corrected chi connectivity index (χ1v) is 7.57. The number of nitrogens with one attached hydrogen (secondary N) is 1. The van der Waals surface area contributed by atoms with E-state index in [0.717, 1.165) is 10.4 Å². The maximum atomic E-state index is 13.9. The Kier molecular flexibility index (Phi) is 3.79. The van der Waals surface area contributed by atoms with Gasteiger partial charge in [0.15, 0.2) is 5.82 Å². The van der Waals surface area contributed by atoms with Crippen LogP contribution in [0.15, 0.2) is 21.5 Å². The molecule has 0 atom stereocenters. The van der Waals surface area contributed by atoms with Crippen molar-refractivity contribution in [1.29, 1.82) is 0 Å². The molecule has 19 heavy (non-hydrogen) atoms. The van der Waals surface area contributed by atoms with E-state index >= 15 is 0 Å². The third kappa shape index (κ3) is 2.72. The molecule has 1 heterocycles. The number of benzene rings is 1. The molecule has 2 rings (SSSR count). The molecule has 1 aromatic carbocycles. The second kappa shape index (κ2) is 5.06. The van der Waals surface area contributed by atoms with Gasteiger partial charge in [0, 0.05) is 18.8 Å². The molecule has 0 saturated carbocycles. The lowest BCUT2D eigenvalue weighted by Crippen LogP contribution is -2.50. The summed E-state index contributed by atoms with van der Waals surface area (Å²) in [6.45, 7) is -0.0305. The highest BCUT2D eigenvalue weighted by molar-refractivity contribution is 9.10. The zero-order valence-electron chi connectivity index (χ0n) is 9.69. The van der Waals surface area contributed by atoms with Crippen molar-refractivity contribution in [2.45, 2.75) is 4.90 Å². The van der Waals surface area contributed by atoms with Crippen molar-refractivity contribution < 1.29 is 17.6 Å². The lowest BCUT2D eigenvalue weighted by Gasteiger charge is -2.26. The molecule has 1 amide bonds. The molecule has 0 radical (unpaired) electrons. The number of rotatable bonds is 2. The van der Waals surface area contributed by atoms with E-state index in [1.807, 2.05) is 0 Å². The zero-order chi connectivity index (χ0) is 14.2. The van der Waals surface area contributed by atoms with Crippen molar-refractivity contribution in [2.75, 3.05) is 25.4 Å². The number of halogens is 2. The van der Waals surface area contributed by atoms with Crippen LogP contribution in [0, 0.1) is 5.82 Å². The number of nitrogen functional groups attached to an aromatic ring is 1. The van der Waals surface area contributed by atoms with E-state index in [4.69, 9.17) is 5.73 Å². The first kappa shape index (κ1) is 14.2. The van der Waals surface area contributed by atoms with E-state index in [1.54, 1.807) is 0 Å². The van der Waals surface area contributed by atoms with Gasteiger partial charge in [-0.1, -0.05) is 0 Å². The van der Waals surface area contributed by atoms with Gasteiger partial charge in [-0.3, -0.25) is 4.79 Å². The number of piperazine rings is 1. The largest absolute Gasteiger partial charge is 0.399 e. The molecule has 1 fully saturated rings. The van der Waals surface area contributed by atoms with Gasteiger partial charge in [0.05, 0.1) is 11.0 Å². The molecular weight excluding hydrogens is 341 g/mol. The Morgan fingerprint density at radius 3 is 2.74 bits per heavy atom. The van der Waals surface area contributed by atoms with Crippen molar-refractivity contribution in [1.82, 2.24) is 9.62 Å². The number of carbonyl (C=O) groups is 1. The van der Waals surface area contributed by atoms with Gasteiger partial charge >= 0.3 is 0 Å². The van der Waals surface area contributed by atoms with Crippen LogP contribution in [0.4, 0.5) is 10.1 Å². The highest BCUT2D eigenvalue weighted by Gasteiger charge is 2.32. The third-order valence-corrected chi connectivity index (χ3v) is 5.06. The molecule has 0 aliphatic carbocycles. The van der Waals surface area contributed by atoms with E-state index in [2.05, 4.69) is 21.2 Å². The Balaban J connectivity index is 2.47. The smallest absolute Gasteiger partial charge is 0.246 e. The Morgan fingerprint density at radius 1 is 1.42 bits per heavy atom. The molecule has 1 aromatic rings. The second-order valence-electron chi connectivity index (χ2n) is 4.00. The molecule has 9 heteroatoms. The van der Waals surface area contributed by atoms with Gasteiger partial charge < -0.3 is 11.1 Å². The second-order valence-corrected chi connectivity index (χ2v) is 6.76. The summed E-state index contributed by atoms with van der Waals surface area (Å²) < 4.78 is 39.4. The van der Waals surface area contributed by atoms with Crippen LogP contribution in [0.3, 0.4) is 0 Å². The Hall–Kier alpha value is -1.19. The highest BCUT2D eigenvalue weighted by atomic mass is 79.9. The molecule has 0 unspecified atom stereocenters. The topological polar surface area (TPSA) is 92.5 Å². The lowest BCUT2D eigenvalue weighted by atomic mass is 10.3. The summed E-state index contributed by atoms with van der Waals surface area (Å²) in [4.78, 5) is 10.7. The summed E-state index contributed by atoms with van der Waals surface area (Å²) in [5.41, 5.74) is 5.64. The summed E-state index contributed by atoms with van der Waals surface area (Å²) in [7, 11) is -4.08. The summed E-state index contributed by atoms with van der Waals surface area (Å²) >= 11 is 2.91. The van der Waals surface area contributed by atoms with Gasteiger partial charge in [-0.05, 0) is 28.1 Å². The molecule has 0 bridgehead atoms. The number of hydrogen-bond donors (Lipinski definition) is 2. The van der Waals surface area contributed by atoms with E-state index in [9.17, 15) is 17.6 Å². The molecule has 0 spiro atoms. The van der Waals surface area contributed by atoms with Gasteiger partial charge in [0.1, 0.15) is 4.90 Å². The number of anilines is 1. The Bertz CT molecular complexity index is 635. The van der Waals surface area contributed by atoms with Gasteiger partial charge in [-0.25, -0.2) is 12.8 Å². The normalized spacial score (nSPS) is 17.3. The fourth-order valence-corrected chi connectivity index (χ4v) is 3.86. The van der Waals surface area contributed by atoms with Crippen LogP contribution < -0.4 is 11.1 Å². The predicted molar refractivity (Wildman–Crippen MR) is 70.3 cm³/mol. The van der Waals surface area contributed by atoms with Crippen LogP contribution in [-0.4, -0.2) is 38.3 Å². The van der Waals surface area contributed by atoms with Crippen LogP contribution in [0.2, 0.25) is 0 Å². The quantitative estimate of drug-likeness (QED) is 0.749. The number of nitrogens with zero attached hydrogens (tertiary/aromatic N) is 1. The lowest BCUT2D eigenvalue weighted by molar-refractivity contribution is -0.122. The summed E-state index contributed by atoms with van der Waals surface area (Å²) in [5, 5.41) is 2.50. The molecule has 6 nitrogen and oxygen atoms in total. The first-order valence-electron chi connectivity index (χ1n) is 5.34. The van der Waals surface area contributed by atoms with Crippen molar-refractivity contribution in [3.05, 3.63) is 22.4 Å². The van der Waals surface area contributed by atoms with Gasteiger partial charge in [-0.2, -0.15) is 4.31 Å². The fraction of sp³-hybridized carbons (Fsp3) is 0.300. The molecule has 3 N–H and O–H groups in total. The molecule has 1 aliphatic heterocycles. The number of amides is 1. The Labute approximate surface area is 117 Å². The van der Waals surface area contributed by atoms with E-state index in [1.165, 1.54) is 6.07 Å². The summed E-state index contributed by atoms with van der Waals surface area (Å²) in [6.07, 6.45) is 0. The van der Waals surface area contributed by atoms with Crippen molar-refractivity contribution in [3.63, 3.8) is 0 Å². The third-order valence-electron chi connectivity index (χ3n) is 2.64. The van der Waals surface area contributed by atoms with Crippen LogP contribution >= 0.6 is 15.9 Å². The molecular formula is C10H11BrFN3O3S. The zero-order valence-corrected chi connectivity index (χ0v) is 12.1. The maximum Gasteiger partial charge on any atom is 0.246 e. The number of carbonyl (C=O) groups excluding carboxylic acids is 1. The van der Waals surface area contributed by atoms with Crippen LogP contribution in [0.1, 0.15) is 0 Å². The van der Waals surface area contributed by atoms with Crippen LogP contribution in [0.25, 0.3) is 0 Å². The maximum absolute atomic E-state index is 13.9. The number of hydrogen-bond acceptors (Lipinski definition) is 4. The van der Waals surface area contributed by atoms with Crippen LogP contribution in [-0.2, 0) is 14.8 Å². The Morgan fingerprint density at radius 2 is 2.11 bits per heavy atom. The SMILES string of the molecule is Nc1cc(Br)c(F)c(S(=O)(=O)N2CCNC(=O)C2)c1.